The summed E-state index contributed by atoms with van der Waals surface area (Å²) in [5, 5.41) is 10.1. The summed E-state index contributed by atoms with van der Waals surface area (Å²) < 4.78 is 13.1. The van der Waals surface area contributed by atoms with Crippen LogP contribution >= 0.6 is 0 Å². The number of benzene rings is 1. The second-order valence-electron chi connectivity index (χ2n) is 5.44. The van der Waals surface area contributed by atoms with Gasteiger partial charge in [0, 0.05) is 17.6 Å². The maximum atomic E-state index is 11.1. The van der Waals surface area contributed by atoms with Gasteiger partial charge in [0.1, 0.15) is 6.54 Å². The lowest BCUT2D eigenvalue weighted by atomic mass is 10.0. The Bertz CT molecular complexity index is 673. The topological polar surface area (TPSA) is 60.7 Å². The molecular formula is C17H23NO4. The summed E-state index contributed by atoms with van der Waals surface area (Å²) in [6.45, 7) is 9.05. The lowest BCUT2D eigenvalue weighted by molar-refractivity contribution is -0.137. The summed E-state index contributed by atoms with van der Waals surface area (Å²) in [6, 6.07) is 3.83. The first-order valence-electron chi connectivity index (χ1n) is 7.62. The zero-order valence-electron chi connectivity index (χ0n) is 13.5. The monoisotopic (exact) mass is 305 g/mol. The number of rotatable bonds is 7. The third-order valence-corrected chi connectivity index (χ3v) is 3.50. The highest BCUT2D eigenvalue weighted by Crippen LogP contribution is 2.37. The minimum atomic E-state index is -0.862. The maximum Gasteiger partial charge on any atom is 0.323 e. The van der Waals surface area contributed by atoms with Crippen LogP contribution in [-0.4, -0.2) is 28.9 Å². The lowest BCUT2D eigenvalue weighted by Crippen LogP contribution is -2.07. The van der Waals surface area contributed by atoms with Gasteiger partial charge in [0.05, 0.1) is 18.7 Å². The molecule has 2 rings (SSSR count). The third-order valence-electron chi connectivity index (χ3n) is 3.50. The molecule has 0 spiro atoms. The molecule has 1 aromatic heterocycles. The van der Waals surface area contributed by atoms with Crippen LogP contribution in [0.5, 0.6) is 11.5 Å². The molecule has 0 aliphatic rings. The number of carbonyl (C=O) groups is 1. The maximum absolute atomic E-state index is 11.1. The molecule has 22 heavy (non-hydrogen) atoms. The fourth-order valence-corrected chi connectivity index (χ4v) is 2.60. The minimum absolute atomic E-state index is 0.0667. The first-order chi connectivity index (χ1) is 10.5. The highest BCUT2D eigenvalue weighted by atomic mass is 16.5. The summed E-state index contributed by atoms with van der Waals surface area (Å²) in [5.74, 6) is 0.785. The zero-order chi connectivity index (χ0) is 16.3. The molecule has 1 aromatic carbocycles. The van der Waals surface area contributed by atoms with Crippen LogP contribution in [-0.2, 0) is 11.3 Å². The number of ether oxygens (including phenoxy) is 2. The van der Waals surface area contributed by atoms with Gasteiger partial charge in [-0.15, -0.1) is 0 Å². The smallest absolute Gasteiger partial charge is 0.323 e. The van der Waals surface area contributed by atoms with Crippen LogP contribution < -0.4 is 9.47 Å². The van der Waals surface area contributed by atoms with E-state index in [1.54, 1.807) is 4.57 Å². The van der Waals surface area contributed by atoms with Crippen LogP contribution in [0.2, 0.25) is 0 Å². The number of aromatic nitrogens is 1. The van der Waals surface area contributed by atoms with Crippen LogP contribution in [0.15, 0.2) is 18.3 Å². The van der Waals surface area contributed by atoms with Crippen molar-refractivity contribution in [3.8, 4) is 11.5 Å². The Balaban J connectivity index is 2.67. The van der Waals surface area contributed by atoms with E-state index in [9.17, 15) is 4.79 Å². The van der Waals surface area contributed by atoms with Crippen molar-refractivity contribution < 1.29 is 19.4 Å². The van der Waals surface area contributed by atoms with Crippen molar-refractivity contribution in [2.24, 2.45) is 0 Å². The van der Waals surface area contributed by atoms with Crippen molar-refractivity contribution >= 4 is 16.9 Å². The molecule has 5 nitrogen and oxygen atoms in total. The molecule has 0 unspecified atom stereocenters. The number of hydrogen-bond acceptors (Lipinski definition) is 3. The SMILES string of the molecule is CCOc1cc2c(C(C)C)cn(CC(=O)O)c2cc1OCC. The summed E-state index contributed by atoms with van der Waals surface area (Å²) >= 11 is 0. The third kappa shape index (κ3) is 3.18. The molecule has 0 radical (unpaired) electrons. The molecular weight excluding hydrogens is 282 g/mol. The van der Waals surface area contributed by atoms with Crippen molar-refractivity contribution in [3.05, 3.63) is 23.9 Å². The van der Waals surface area contributed by atoms with Crippen molar-refractivity contribution in [3.63, 3.8) is 0 Å². The van der Waals surface area contributed by atoms with Crippen LogP contribution in [0, 0.1) is 0 Å². The number of nitrogens with zero attached hydrogens (tertiary/aromatic N) is 1. The van der Waals surface area contributed by atoms with Gasteiger partial charge < -0.3 is 19.1 Å². The van der Waals surface area contributed by atoms with Crippen molar-refractivity contribution in [1.82, 2.24) is 4.57 Å². The average molecular weight is 305 g/mol. The Hall–Kier alpha value is -2.17. The summed E-state index contributed by atoms with van der Waals surface area (Å²) in [6.07, 6.45) is 1.91. The number of hydrogen-bond donors (Lipinski definition) is 1. The Morgan fingerprint density at radius 1 is 1.18 bits per heavy atom. The Labute approximate surface area is 130 Å². The van der Waals surface area contributed by atoms with Gasteiger partial charge >= 0.3 is 5.97 Å². The second kappa shape index (κ2) is 6.73. The van der Waals surface area contributed by atoms with Crippen LogP contribution in [0.25, 0.3) is 10.9 Å². The molecule has 1 heterocycles. The Morgan fingerprint density at radius 3 is 2.27 bits per heavy atom. The van der Waals surface area contributed by atoms with Crippen LogP contribution in [0.3, 0.4) is 0 Å². The van der Waals surface area contributed by atoms with Gasteiger partial charge in [0.15, 0.2) is 11.5 Å². The molecule has 1 N–H and O–H groups in total. The molecule has 0 saturated heterocycles. The van der Waals surface area contributed by atoms with Gasteiger partial charge in [-0.05, 0) is 31.4 Å². The first-order valence-corrected chi connectivity index (χ1v) is 7.62. The number of fused-ring (bicyclic) bond motifs is 1. The molecule has 0 amide bonds. The van der Waals surface area contributed by atoms with Gasteiger partial charge in [-0.1, -0.05) is 13.8 Å². The molecule has 0 aliphatic heterocycles. The largest absolute Gasteiger partial charge is 0.490 e. The van der Waals surface area contributed by atoms with Gasteiger partial charge in [-0.25, -0.2) is 0 Å². The van der Waals surface area contributed by atoms with E-state index in [2.05, 4.69) is 13.8 Å². The van der Waals surface area contributed by atoms with E-state index in [-0.39, 0.29) is 6.54 Å². The van der Waals surface area contributed by atoms with Gasteiger partial charge in [-0.2, -0.15) is 0 Å². The van der Waals surface area contributed by atoms with E-state index in [1.165, 1.54) is 0 Å². The van der Waals surface area contributed by atoms with E-state index in [0.29, 0.717) is 30.6 Å². The summed E-state index contributed by atoms with van der Waals surface area (Å²) in [7, 11) is 0. The van der Waals surface area contributed by atoms with Crippen LogP contribution in [0.1, 0.15) is 39.2 Å². The standard InChI is InChI=1S/C17H23NO4/c1-5-21-15-7-12-13(11(3)4)9-18(10-17(19)20)14(12)8-16(15)22-6-2/h7-9,11H,5-6,10H2,1-4H3,(H,19,20). The van der Waals surface area contributed by atoms with Crippen molar-refractivity contribution in [2.45, 2.75) is 40.2 Å². The predicted octanol–water partition coefficient (Wildman–Crippen LogP) is 3.65. The molecule has 0 aliphatic carbocycles. The fraction of sp³-hybridized carbons (Fsp3) is 0.471. The van der Waals surface area contributed by atoms with E-state index in [4.69, 9.17) is 14.6 Å². The van der Waals surface area contributed by atoms with Crippen molar-refractivity contribution in [1.29, 1.82) is 0 Å². The van der Waals surface area contributed by atoms with Crippen LogP contribution in [0.4, 0.5) is 0 Å². The van der Waals surface area contributed by atoms with E-state index in [1.807, 2.05) is 32.2 Å². The molecule has 0 bridgehead atoms. The first kappa shape index (κ1) is 16.2. The van der Waals surface area contributed by atoms with Gasteiger partial charge in [0.25, 0.3) is 0 Å². The molecule has 120 valence electrons. The molecule has 0 fully saturated rings. The molecule has 2 aromatic rings. The zero-order valence-corrected chi connectivity index (χ0v) is 13.5. The van der Waals surface area contributed by atoms with Crippen molar-refractivity contribution in [2.75, 3.05) is 13.2 Å². The fourth-order valence-electron chi connectivity index (χ4n) is 2.60. The lowest BCUT2D eigenvalue weighted by Gasteiger charge is -2.12. The molecule has 5 heteroatoms. The highest BCUT2D eigenvalue weighted by Gasteiger charge is 2.17. The quantitative estimate of drug-likeness (QED) is 0.848. The second-order valence-corrected chi connectivity index (χ2v) is 5.44. The van der Waals surface area contributed by atoms with E-state index < -0.39 is 5.97 Å². The Morgan fingerprint density at radius 2 is 1.77 bits per heavy atom. The average Bonchev–Trinajstić information content (AvgIpc) is 2.77. The summed E-state index contributed by atoms with van der Waals surface area (Å²) in [4.78, 5) is 11.1. The summed E-state index contributed by atoms with van der Waals surface area (Å²) in [5.41, 5.74) is 1.97. The normalized spacial score (nSPS) is 11.1. The van der Waals surface area contributed by atoms with E-state index in [0.717, 1.165) is 16.5 Å². The highest BCUT2D eigenvalue weighted by molar-refractivity contribution is 5.89. The van der Waals surface area contributed by atoms with Gasteiger partial charge in [-0.3, -0.25) is 4.79 Å². The number of aliphatic carboxylic acids is 1. The van der Waals surface area contributed by atoms with Gasteiger partial charge in [0.2, 0.25) is 0 Å². The predicted molar refractivity (Wildman–Crippen MR) is 86.0 cm³/mol. The minimum Gasteiger partial charge on any atom is -0.490 e. The number of carboxylic acid groups (broad SMARTS) is 1. The number of carboxylic acids is 1. The Kier molecular flexibility index (Phi) is 4.96. The molecule has 0 saturated carbocycles. The molecule has 0 atom stereocenters. The van der Waals surface area contributed by atoms with E-state index >= 15 is 0 Å².